The van der Waals surface area contributed by atoms with Crippen molar-refractivity contribution >= 4 is 21.9 Å². The minimum atomic E-state index is 0.899. The molecule has 4 aromatic rings. The smallest absolute Gasteiger partial charge is 0.137 e. The number of nitrogens with one attached hydrogen (secondary N) is 2. The molecule has 1 aromatic carbocycles. The molecule has 0 aliphatic carbocycles. The van der Waals surface area contributed by atoms with Crippen molar-refractivity contribution < 1.29 is 0 Å². The van der Waals surface area contributed by atoms with E-state index in [2.05, 4.69) is 58.3 Å². The first kappa shape index (κ1) is 11.3. The van der Waals surface area contributed by atoms with Crippen LogP contribution in [-0.2, 0) is 6.42 Å². The Balaban J connectivity index is 1.72. The molecule has 98 valence electrons. The van der Waals surface area contributed by atoms with Crippen molar-refractivity contribution in [3.05, 3.63) is 65.6 Å². The van der Waals surface area contributed by atoms with Gasteiger partial charge in [0.1, 0.15) is 5.65 Å². The van der Waals surface area contributed by atoms with Crippen LogP contribution in [0.1, 0.15) is 16.8 Å². The maximum absolute atomic E-state index is 4.42. The number of benzene rings is 1. The van der Waals surface area contributed by atoms with Crippen LogP contribution >= 0.6 is 0 Å². The Kier molecular flexibility index (Phi) is 2.39. The zero-order chi connectivity index (χ0) is 13.5. The highest BCUT2D eigenvalue weighted by molar-refractivity contribution is 5.80. The van der Waals surface area contributed by atoms with Crippen molar-refractivity contribution in [3.8, 4) is 0 Å². The van der Waals surface area contributed by atoms with Crippen molar-refractivity contribution in [2.75, 3.05) is 0 Å². The van der Waals surface area contributed by atoms with E-state index in [4.69, 9.17) is 0 Å². The van der Waals surface area contributed by atoms with Gasteiger partial charge in [0.25, 0.3) is 0 Å². The standard InChI is InChI=1S/C17H15N3/c1-11-6-14-9-15(20-17(14)19-10-11)8-12-2-3-16-13(7-12)4-5-18-16/h2-7,9-10,18H,8H2,1H3,(H,19,20). The molecule has 0 saturated heterocycles. The topological polar surface area (TPSA) is 44.5 Å². The van der Waals surface area contributed by atoms with Crippen LogP contribution in [0.25, 0.3) is 21.9 Å². The van der Waals surface area contributed by atoms with Crippen LogP contribution in [0, 0.1) is 6.92 Å². The Morgan fingerprint density at radius 1 is 1.05 bits per heavy atom. The molecule has 20 heavy (non-hydrogen) atoms. The van der Waals surface area contributed by atoms with E-state index in [1.807, 2.05) is 12.4 Å². The summed E-state index contributed by atoms with van der Waals surface area (Å²) in [6.45, 7) is 2.07. The van der Waals surface area contributed by atoms with Crippen molar-refractivity contribution in [2.45, 2.75) is 13.3 Å². The zero-order valence-electron chi connectivity index (χ0n) is 11.3. The molecule has 0 aliphatic heterocycles. The molecule has 0 aliphatic rings. The third kappa shape index (κ3) is 1.88. The van der Waals surface area contributed by atoms with Gasteiger partial charge in [0.05, 0.1) is 0 Å². The Bertz CT molecular complexity index is 899. The molecular weight excluding hydrogens is 246 g/mol. The molecule has 0 saturated carbocycles. The molecule has 0 bridgehead atoms. The molecule has 0 unspecified atom stereocenters. The fraction of sp³-hybridized carbons (Fsp3) is 0.118. The first-order valence-corrected chi connectivity index (χ1v) is 6.78. The number of hydrogen-bond donors (Lipinski definition) is 2. The van der Waals surface area contributed by atoms with Crippen molar-refractivity contribution in [2.24, 2.45) is 0 Å². The van der Waals surface area contributed by atoms with E-state index in [-0.39, 0.29) is 0 Å². The largest absolute Gasteiger partial charge is 0.361 e. The van der Waals surface area contributed by atoms with Crippen LogP contribution < -0.4 is 0 Å². The van der Waals surface area contributed by atoms with Crippen LogP contribution in [0.2, 0.25) is 0 Å². The summed E-state index contributed by atoms with van der Waals surface area (Å²) in [5.74, 6) is 0. The summed E-state index contributed by atoms with van der Waals surface area (Å²) >= 11 is 0. The second-order valence-corrected chi connectivity index (χ2v) is 5.32. The van der Waals surface area contributed by atoms with Gasteiger partial charge in [-0.2, -0.15) is 0 Å². The van der Waals surface area contributed by atoms with Gasteiger partial charge in [-0.05, 0) is 53.8 Å². The third-order valence-electron chi connectivity index (χ3n) is 3.67. The van der Waals surface area contributed by atoms with E-state index < -0.39 is 0 Å². The van der Waals surface area contributed by atoms with Gasteiger partial charge in [-0.25, -0.2) is 4.98 Å². The van der Waals surface area contributed by atoms with Gasteiger partial charge in [-0.3, -0.25) is 0 Å². The summed E-state index contributed by atoms with van der Waals surface area (Å²) in [5.41, 5.74) is 5.85. The molecule has 4 rings (SSSR count). The lowest BCUT2D eigenvalue weighted by Crippen LogP contribution is -1.87. The van der Waals surface area contributed by atoms with Crippen LogP contribution in [-0.4, -0.2) is 15.0 Å². The fourth-order valence-corrected chi connectivity index (χ4v) is 2.71. The highest BCUT2D eigenvalue weighted by Gasteiger charge is 2.04. The molecule has 3 aromatic heterocycles. The number of hydrogen-bond acceptors (Lipinski definition) is 1. The number of nitrogens with zero attached hydrogens (tertiary/aromatic N) is 1. The minimum Gasteiger partial charge on any atom is -0.361 e. The quantitative estimate of drug-likeness (QED) is 0.564. The number of aromatic amines is 2. The molecular formula is C17H15N3. The molecule has 0 atom stereocenters. The average Bonchev–Trinajstić information content (AvgIpc) is 3.03. The number of H-pyrrole nitrogens is 2. The SMILES string of the molecule is Cc1cnc2[nH]c(Cc3ccc4[nH]ccc4c3)cc2c1. The summed E-state index contributed by atoms with van der Waals surface area (Å²) < 4.78 is 0. The van der Waals surface area contributed by atoms with Gasteiger partial charge in [0.15, 0.2) is 0 Å². The number of fused-ring (bicyclic) bond motifs is 2. The Labute approximate surface area is 116 Å². The third-order valence-corrected chi connectivity index (χ3v) is 3.67. The monoisotopic (exact) mass is 261 g/mol. The maximum Gasteiger partial charge on any atom is 0.137 e. The van der Waals surface area contributed by atoms with Gasteiger partial charge in [0, 0.05) is 35.4 Å². The van der Waals surface area contributed by atoms with E-state index >= 15 is 0 Å². The van der Waals surface area contributed by atoms with Gasteiger partial charge >= 0.3 is 0 Å². The lowest BCUT2D eigenvalue weighted by Gasteiger charge is -1.99. The Hall–Kier alpha value is -2.55. The predicted octanol–water partition coefficient (Wildman–Crippen LogP) is 3.94. The Morgan fingerprint density at radius 2 is 2.00 bits per heavy atom. The summed E-state index contributed by atoms with van der Waals surface area (Å²) in [4.78, 5) is 11.0. The van der Waals surface area contributed by atoms with Gasteiger partial charge in [-0.1, -0.05) is 6.07 Å². The molecule has 3 heterocycles. The number of aryl methyl sites for hydroxylation is 1. The van der Waals surface area contributed by atoms with Crippen LogP contribution in [0.5, 0.6) is 0 Å². The van der Waals surface area contributed by atoms with Crippen molar-refractivity contribution in [1.29, 1.82) is 0 Å². The molecule has 0 amide bonds. The normalized spacial score (nSPS) is 11.4. The number of pyridine rings is 1. The van der Waals surface area contributed by atoms with E-state index in [0.29, 0.717) is 0 Å². The highest BCUT2D eigenvalue weighted by Crippen LogP contribution is 2.19. The van der Waals surface area contributed by atoms with Crippen LogP contribution in [0.3, 0.4) is 0 Å². The molecule has 3 heteroatoms. The van der Waals surface area contributed by atoms with Gasteiger partial charge in [-0.15, -0.1) is 0 Å². The lowest BCUT2D eigenvalue weighted by atomic mass is 10.1. The van der Waals surface area contributed by atoms with E-state index in [0.717, 1.165) is 12.1 Å². The van der Waals surface area contributed by atoms with Crippen LogP contribution in [0.4, 0.5) is 0 Å². The number of aromatic nitrogens is 3. The Morgan fingerprint density at radius 3 is 2.95 bits per heavy atom. The second-order valence-electron chi connectivity index (χ2n) is 5.32. The summed E-state index contributed by atoms with van der Waals surface area (Å²) in [7, 11) is 0. The van der Waals surface area contributed by atoms with Crippen molar-refractivity contribution in [3.63, 3.8) is 0 Å². The van der Waals surface area contributed by atoms with Gasteiger partial charge < -0.3 is 9.97 Å². The first-order valence-electron chi connectivity index (χ1n) is 6.78. The molecule has 3 nitrogen and oxygen atoms in total. The van der Waals surface area contributed by atoms with E-state index in [9.17, 15) is 0 Å². The summed E-state index contributed by atoms with van der Waals surface area (Å²) in [5, 5.41) is 2.44. The van der Waals surface area contributed by atoms with E-state index in [1.165, 1.54) is 33.1 Å². The molecule has 0 fully saturated rings. The highest BCUT2D eigenvalue weighted by atomic mass is 14.9. The second kappa shape index (κ2) is 4.23. The molecule has 0 radical (unpaired) electrons. The average molecular weight is 261 g/mol. The minimum absolute atomic E-state index is 0.899. The molecule has 2 N–H and O–H groups in total. The molecule has 0 spiro atoms. The van der Waals surface area contributed by atoms with Crippen molar-refractivity contribution in [1.82, 2.24) is 15.0 Å². The maximum atomic E-state index is 4.42. The zero-order valence-corrected chi connectivity index (χ0v) is 11.3. The summed E-state index contributed by atoms with van der Waals surface area (Å²) in [6, 6.07) is 13.0. The lowest BCUT2D eigenvalue weighted by molar-refractivity contribution is 1.11. The van der Waals surface area contributed by atoms with E-state index in [1.54, 1.807) is 0 Å². The predicted molar refractivity (Wildman–Crippen MR) is 81.9 cm³/mol. The van der Waals surface area contributed by atoms with Crippen LogP contribution in [0.15, 0.2) is 48.8 Å². The first-order chi connectivity index (χ1) is 9.78. The number of rotatable bonds is 2. The fourth-order valence-electron chi connectivity index (χ4n) is 2.71. The van der Waals surface area contributed by atoms with Gasteiger partial charge in [0.2, 0.25) is 0 Å². The summed E-state index contributed by atoms with van der Waals surface area (Å²) in [6.07, 6.45) is 4.77.